The molecule has 0 spiro atoms. The van der Waals surface area contributed by atoms with Crippen LogP contribution in [0.2, 0.25) is 0 Å². The van der Waals surface area contributed by atoms with Gasteiger partial charge in [-0.25, -0.2) is 0 Å². The molecule has 5 nitrogen and oxygen atoms in total. The number of hydrogen-bond acceptors (Lipinski definition) is 5. The van der Waals surface area contributed by atoms with Crippen LogP contribution in [0.15, 0.2) is 36.4 Å². The van der Waals surface area contributed by atoms with Gasteiger partial charge in [-0.2, -0.15) is 0 Å². The molecule has 0 saturated carbocycles. The summed E-state index contributed by atoms with van der Waals surface area (Å²) in [6, 6.07) is 10.8. The van der Waals surface area contributed by atoms with Crippen LogP contribution in [0.25, 0.3) is 11.6 Å². The number of carbonyl (C=O) groups excluding carboxylic acids is 1. The predicted octanol–water partition coefficient (Wildman–Crippen LogP) is 3.46. The van der Waals surface area contributed by atoms with E-state index in [4.69, 9.17) is 18.9 Å². The van der Waals surface area contributed by atoms with E-state index < -0.39 is 0 Å². The number of benzene rings is 2. The van der Waals surface area contributed by atoms with E-state index in [9.17, 15) is 4.79 Å². The van der Waals surface area contributed by atoms with Gasteiger partial charge >= 0.3 is 0 Å². The van der Waals surface area contributed by atoms with Gasteiger partial charge in [0, 0.05) is 5.57 Å². The maximum Gasteiger partial charge on any atom is 0.161 e. The third-order valence-electron chi connectivity index (χ3n) is 3.57. The summed E-state index contributed by atoms with van der Waals surface area (Å²) >= 11 is 0. The van der Waals surface area contributed by atoms with Crippen molar-refractivity contribution in [1.29, 1.82) is 0 Å². The standard InChI is InChI=1S/C19H20O5/c1-21-16-7-5-13(10-18(16)23-3)9-15(12-20)14-6-8-17(22-2)19(11-14)24-4/h5-12H,1-4H3/b15-9-. The number of ether oxygens (including phenoxy) is 4. The van der Waals surface area contributed by atoms with Crippen molar-refractivity contribution < 1.29 is 23.7 Å². The van der Waals surface area contributed by atoms with E-state index in [2.05, 4.69) is 0 Å². The maximum atomic E-state index is 11.5. The lowest BCUT2D eigenvalue weighted by Crippen LogP contribution is -1.94. The quantitative estimate of drug-likeness (QED) is 0.442. The first kappa shape index (κ1) is 17.4. The molecule has 0 aliphatic carbocycles. The fourth-order valence-corrected chi connectivity index (χ4v) is 2.32. The second-order valence-electron chi connectivity index (χ2n) is 4.90. The minimum atomic E-state index is 0.517. The van der Waals surface area contributed by atoms with Gasteiger partial charge in [0.05, 0.1) is 28.4 Å². The Bertz CT molecular complexity index is 749. The Hall–Kier alpha value is -2.95. The minimum Gasteiger partial charge on any atom is -0.493 e. The highest BCUT2D eigenvalue weighted by molar-refractivity contribution is 6.13. The maximum absolute atomic E-state index is 11.5. The average Bonchev–Trinajstić information content (AvgIpc) is 2.65. The lowest BCUT2D eigenvalue weighted by atomic mass is 10.0. The highest BCUT2D eigenvalue weighted by atomic mass is 16.5. The molecule has 0 fully saturated rings. The molecule has 0 aromatic heterocycles. The van der Waals surface area contributed by atoms with Crippen molar-refractivity contribution in [3.8, 4) is 23.0 Å². The van der Waals surface area contributed by atoms with Gasteiger partial charge in [-0.3, -0.25) is 4.79 Å². The van der Waals surface area contributed by atoms with Crippen LogP contribution in [0.5, 0.6) is 23.0 Å². The molecule has 0 bridgehead atoms. The summed E-state index contributed by atoms with van der Waals surface area (Å²) in [4.78, 5) is 11.5. The number of rotatable bonds is 7. The molecule has 0 atom stereocenters. The molecule has 0 aliphatic rings. The highest BCUT2D eigenvalue weighted by Crippen LogP contribution is 2.32. The molecule has 0 aliphatic heterocycles. The summed E-state index contributed by atoms with van der Waals surface area (Å²) in [6.45, 7) is 0. The van der Waals surface area contributed by atoms with Gasteiger partial charge < -0.3 is 18.9 Å². The van der Waals surface area contributed by atoms with E-state index >= 15 is 0 Å². The summed E-state index contributed by atoms with van der Waals surface area (Å²) < 4.78 is 21.0. The zero-order valence-corrected chi connectivity index (χ0v) is 14.2. The average molecular weight is 328 g/mol. The second kappa shape index (κ2) is 8.06. The van der Waals surface area contributed by atoms with Crippen LogP contribution >= 0.6 is 0 Å². The Morgan fingerprint density at radius 3 is 1.83 bits per heavy atom. The number of allylic oxidation sites excluding steroid dienone is 1. The van der Waals surface area contributed by atoms with E-state index in [1.54, 1.807) is 52.7 Å². The summed E-state index contributed by atoms with van der Waals surface area (Å²) in [6.07, 6.45) is 2.58. The number of methoxy groups -OCH3 is 4. The summed E-state index contributed by atoms with van der Waals surface area (Å²) in [5.74, 6) is 2.41. The molecule has 5 heteroatoms. The topological polar surface area (TPSA) is 54.0 Å². The molecule has 0 amide bonds. The van der Waals surface area contributed by atoms with Crippen LogP contribution in [0.3, 0.4) is 0 Å². The lowest BCUT2D eigenvalue weighted by molar-refractivity contribution is -0.103. The number of aldehydes is 1. The monoisotopic (exact) mass is 328 g/mol. The van der Waals surface area contributed by atoms with Crippen molar-refractivity contribution in [1.82, 2.24) is 0 Å². The third kappa shape index (κ3) is 3.68. The van der Waals surface area contributed by atoms with Crippen LogP contribution in [-0.4, -0.2) is 34.7 Å². The van der Waals surface area contributed by atoms with Crippen LogP contribution in [0.4, 0.5) is 0 Å². The van der Waals surface area contributed by atoms with Crippen molar-refractivity contribution in [3.05, 3.63) is 47.5 Å². The van der Waals surface area contributed by atoms with Gasteiger partial charge in [-0.15, -0.1) is 0 Å². The smallest absolute Gasteiger partial charge is 0.161 e. The molecule has 0 saturated heterocycles. The van der Waals surface area contributed by atoms with Gasteiger partial charge in [-0.1, -0.05) is 12.1 Å². The molecule has 2 aromatic rings. The SMILES string of the molecule is COc1ccc(/C=C(/C=O)c2ccc(OC)c(OC)c2)cc1OC. The molecule has 2 rings (SSSR count). The van der Waals surface area contributed by atoms with Crippen molar-refractivity contribution in [2.24, 2.45) is 0 Å². The van der Waals surface area contributed by atoms with Crippen molar-refractivity contribution in [2.75, 3.05) is 28.4 Å². The molecule has 0 N–H and O–H groups in total. The zero-order valence-electron chi connectivity index (χ0n) is 14.2. The van der Waals surface area contributed by atoms with Gasteiger partial charge in [-0.05, 0) is 41.5 Å². The first-order chi connectivity index (χ1) is 11.7. The minimum absolute atomic E-state index is 0.517. The molecular formula is C19H20O5. The van der Waals surface area contributed by atoms with Crippen molar-refractivity contribution in [2.45, 2.75) is 0 Å². The van der Waals surface area contributed by atoms with Crippen LogP contribution < -0.4 is 18.9 Å². The van der Waals surface area contributed by atoms with Gasteiger partial charge in [0.15, 0.2) is 29.3 Å². The molecule has 0 radical (unpaired) electrons. The Morgan fingerprint density at radius 2 is 1.29 bits per heavy atom. The van der Waals surface area contributed by atoms with E-state index in [1.807, 2.05) is 18.2 Å². The van der Waals surface area contributed by atoms with Crippen molar-refractivity contribution in [3.63, 3.8) is 0 Å². The van der Waals surface area contributed by atoms with Crippen LogP contribution in [0.1, 0.15) is 11.1 Å². The second-order valence-corrected chi connectivity index (χ2v) is 4.90. The Kier molecular flexibility index (Phi) is 5.84. The third-order valence-corrected chi connectivity index (χ3v) is 3.57. The Morgan fingerprint density at radius 1 is 0.750 bits per heavy atom. The van der Waals surface area contributed by atoms with Crippen LogP contribution in [0, 0.1) is 0 Å². The number of carbonyl (C=O) groups is 1. The fraction of sp³-hybridized carbons (Fsp3) is 0.211. The van der Waals surface area contributed by atoms with Crippen molar-refractivity contribution >= 4 is 17.9 Å². The number of hydrogen-bond donors (Lipinski definition) is 0. The highest BCUT2D eigenvalue weighted by Gasteiger charge is 2.09. The molecular weight excluding hydrogens is 308 g/mol. The van der Waals surface area contributed by atoms with E-state index in [0.29, 0.717) is 28.6 Å². The summed E-state index contributed by atoms with van der Waals surface area (Å²) in [5.41, 5.74) is 2.07. The molecule has 24 heavy (non-hydrogen) atoms. The van der Waals surface area contributed by atoms with E-state index in [-0.39, 0.29) is 0 Å². The predicted molar refractivity (Wildman–Crippen MR) is 93.0 cm³/mol. The van der Waals surface area contributed by atoms with Gasteiger partial charge in [0.25, 0.3) is 0 Å². The summed E-state index contributed by atoms with van der Waals surface area (Å²) in [5, 5.41) is 0. The summed E-state index contributed by atoms with van der Waals surface area (Å²) in [7, 11) is 6.27. The Balaban J connectivity index is 2.44. The van der Waals surface area contributed by atoms with E-state index in [0.717, 1.165) is 17.4 Å². The Labute approximate surface area is 141 Å². The fourth-order valence-electron chi connectivity index (χ4n) is 2.32. The normalized spacial score (nSPS) is 10.9. The van der Waals surface area contributed by atoms with E-state index in [1.165, 1.54) is 0 Å². The molecule has 0 heterocycles. The van der Waals surface area contributed by atoms with Gasteiger partial charge in [0.2, 0.25) is 0 Å². The van der Waals surface area contributed by atoms with Crippen LogP contribution in [-0.2, 0) is 4.79 Å². The molecule has 2 aromatic carbocycles. The lowest BCUT2D eigenvalue weighted by Gasteiger charge is -2.10. The largest absolute Gasteiger partial charge is 0.493 e. The molecule has 0 unspecified atom stereocenters. The van der Waals surface area contributed by atoms with Gasteiger partial charge in [0.1, 0.15) is 0 Å². The first-order valence-corrected chi connectivity index (χ1v) is 7.28. The zero-order chi connectivity index (χ0) is 17.5. The molecule has 126 valence electrons. The first-order valence-electron chi connectivity index (χ1n) is 7.28.